The lowest BCUT2D eigenvalue weighted by Gasteiger charge is -2.00. The summed E-state index contributed by atoms with van der Waals surface area (Å²) in [5.74, 6) is -0.160. The topological polar surface area (TPSA) is 37.3 Å². The molecule has 0 fully saturated rings. The Morgan fingerprint density at radius 3 is 2.64 bits per heavy atom. The van der Waals surface area contributed by atoms with Gasteiger partial charge in [-0.15, -0.1) is 11.8 Å². The van der Waals surface area contributed by atoms with Crippen molar-refractivity contribution in [1.29, 1.82) is 0 Å². The number of hydrogen-bond donors (Lipinski definition) is 1. The maximum Gasteiger partial charge on any atom is 0.328 e. The van der Waals surface area contributed by atoms with Crippen molar-refractivity contribution in [1.82, 2.24) is 0 Å². The van der Waals surface area contributed by atoms with Gasteiger partial charge in [-0.1, -0.05) is 23.8 Å². The number of thioether (sulfide) groups is 1. The Balaban J connectivity index is 2.45. The monoisotopic (exact) mass is 208 g/mol. The maximum absolute atomic E-state index is 10.3. The Kier molecular flexibility index (Phi) is 4.26. The average molecular weight is 208 g/mol. The molecule has 0 saturated heterocycles. The van der Waals surface area contributed by atoms with Gasteiger partial charge in [-0.05, 0) is 19.1 Å². The summed E-state index contributed by atoms with van der Waals surface area (Å²) in [5, 5.41) is 8.50. The number of hydrogen-bond acceptors (Lipinski definition) is 2. The fourth-order valence-corrected chi connectivity index (χ4v) is 1.79. The van der Waals surface area contributed by atoms with Crippen molar-refractivity contribution < 1.29 is 9.90 Å². The molecule has 0 spiro atoms. The van der Waals surface area contributed by atoms with Crippen LogP contribution in [0.4, 0.5) is 0 Å². The number of carboxylic acids is 1. The second-order valence-electron chi connectivity index (χ2n) is 2.93. The summed E-state index contributed by atoms with van der Waals surface area (Å²) in [5.41, 5.74) is 0.867. The molecule has 74 valence electrons. The fraction of sp³-hybridized carbons (Fsp3) is 0.182. The third-order valence-electron chi connectivity index (χ3n) is 1.58. The molecule has 0 radical (unpaired) electrons. The Hall–Kier alpha value is -1.22. The molecule has 2 nitrogen and oxygen atoms in total. The van der Waals surface area contributed by atoms with E-state index in [4.69, 9.17) is 5.11 Å². The first-order chi connectivity index (χ1) is 6.68. The van der Waals surface area contributed by atoms with E-state index in [1.165, 1.54) is 6.08 Å². The van der Waals surface area contributed by atoms with E-state index >= 15 is 0 Å². The smallest absolute Gasteiger partial charge is 0.328 e. The maximum atomic E-state index is 10.3. The Morgan fingerprint density at radius 2 is 2.07 bits per heavy atom. The molecule has 0 aromatic heterocycles. The fourth-order valence-electron chi connectivity index (χ4n) is 0.966. The predicted molar refractivity (Wildman–Crippen MR) is 58.6 cm³/mol. The van der Waals surface area contributed by atoms with Gasteiger partial charge in [0.25, 0.3) is 0 Å². The van der Waals surface area contributed by atoms with Crippen LogP contribution in [0.1, 0.15) is 6.92 Å². The van der Waals surface area contributed by atoms with Gasteiger partial charge in [-0.25, -0.2) is 4.79 Å². The highest BCUT2D eigenvalue weighted by atomic mass is 32.2. The average Bonchev–Trinajstić information content (AvgIpc) is 2.15. The molecular formula is C11H12O2S. The minimum Gasteiger partial charge on any atom is -0.478 e. The number of benzene rings is 1. The highest BCUT2D eigenvalue weighted by Crippen LogP contribution is 2.19. The third kappa shape index (κ3) is 4.14. The quantitative estimate of drug-likeness (QED) is 0.610. The standard InChI is InChI=1S/C11H12O2S/c1-9(7-11(12)13)8-14-10-5-3-2-4-6-10/h2-7H,8H2,1H3,(H,12,13). The number of carboxylic acid groups (broad SMARTS) is 1. The summed E-state index contributed by atoms with van der Waals surface area (Å²) < 4.78 is 0. The van der Waals surface area contributed by atoms with E-state index in [-0.39, 0.29) is 0 Å². The molecule has 1 N–H and O–H groups in total. The largest absolute Gasteiger partial charge is 0.478 e. The molecular weight excluding hydrogens is 196 g/mol. The second-order valence-corrected chi connectivity index (χ2v) is 3.98. The van der Waals surface area contributed by atoms with Gasteiger partial charge in [-0.3, -0.25) is 0 Å². The molecule has 0 unspecified atom stereocenters. The summed E-state index contributed by atoms with van der Waals surface area (Å²) in [6, 6.07) is 9.93. The lowest BCUT2D eigenvalue weighted by atomic mass is 10.3. The normalized spacial score (nSPS) is 11.4. The zero-order chi connectivity index (χ0) is 10.4. The number of rotatable bonds is 4. The molecule has 0 aliphatic heterocycles. The van der Waals surface area contributed by atoms with Gasteiger partial charge >= 0.3 is 5.97 Å². The predicted octanol–water partition coefficient (Wildman–Crippen LogP) is 2.81. The molecule has 14 heavy (non-hydrogen) atoms. The highest BCUT2D eigenvalue weighted by molar-refractivity contribution is 7.99. The van der Waals surface area contributed by atoms with Crippen LogP contribution in [0.3, 0.4) is 0 Å². The molecule has 0 aliphatic carbocycles. The summed E-state index contributed by atoms with van der Waals surface area (Å²) in [6.45, 7) is 1.82. The van der Waals surface area contributed by atoms with Gasteiger partial charge in [0.1, 0.15) is 0 Å². The van der Waals surface area contributed by atoms with Gasteiger partial charge < -0.3 is 5.11 Å². The van der Waals surface area contributed by atoms with Crippen LogP contribution in [0.2, 0.25) is 0 Å². The van der Waals surface area contributed by atoms with Crippen molar-refractivity contribution in [2.75, 3.05) is 5.75 Å². The van der Waals surface area contributed by atoms with Crippen molar-refractivity contribution in [3.8, 4) is 0 Å². The zero-order valence-corrected chi connectivity index (χ0v) is 8.75. The van der Waals surface area contributed by atoms with E-state index < -0.39 is 5.97 Å². The first kappa shape index (κ1) is 10.9. The van der Waals surface area contributed by atoms with E-state index in [9.17, 15) is 4.79 Å². The number of aliphatic carboxylic acids is 1. The van der Waals surface area contributed by atoms with Crippen molar-refractivity contribution in [3.05, 3.63) is 42.0 Å². The van der Waals surface area contributed by atoms with Crippen LogP contribution in [-0.2, 0) is 4.79 Å². The SMILES string of the molecule is CC(=CC(=O)O)CSc1ccccc1. The van der Waals surface area contributed by atoms with E-state index in [0.717, 1.165) is 16.2 Å². The van der Waals surface area contributed by atoms with E-state index in [2.05, 4.69) is 0 Å². The third-order valence-corrected chi connectivity index (χ3v) is 2.78. The van der Waals surface area contributed by atoms with Crippen molar-refractivity contribution in [2.45, 2.75) is 11.8 Å². The molecule has 0 heterocycles. The lowest BCUT2D eigenvalue weighted by molar-refractivity contribution is -0.131. The minimum absolute atomic E-state index is 0.719. The molecule has 1 aromatic carbocycles. The summed E-state index contributed by atoms with van der Waals surface area (Å²) in [4.78, 5) is 11.5. The second kappa shape index (κ2) is 5.50. The van der Waals surface area contributed by atoms with Gasteiger partial charge in [0, 0.05) is 16.7 Å². The molecule has 0 bridgehead atoms. The first-order valence-electron chi connectivity index (χ1n) is 4.26. The van der Waals surface area contributed by atoms with Crippen LogP contribution in [0.15, 0.2) is 46.9 Å². The van der Waals surface area contributed by atoms with E-state index in [1.54, 1.807) is 11.8 Å². The molecule has 1 rings (SSSR count). The van der Waals surface area contributed by atoms with Crippen molar-refractivity contribution in [2.24, 2.45) is 0 Å². The minimum atomic E-state index is -0.879. The van der Waals surface area contributed by atoms with Crippen LogP contribution < -0.4 is 0 Å². The summed E-state index contributed by atoms with van der Waals surface area (Å²) in [6.07, 6.45) is 1.25. The first-order valence-corrected chi connectivity index (χ1v) is 5.25. The van der Waals surface area contributed by atoms with E-state index in [1.807, 2.05) is 37.3 Å². The number of carbonyl (C=O) groups is 1. The van der Waals surface area contributed by atoms with Gasteiger partial charge in [0.05, 0.1) is 0 Å². The summed E-state index contributed by atoms with van der Waals surface area (Å²) >= 11 is 1.64. The molecule has 0 atom stereocenters. The Bertz CT molecular complexity index is 330. The van der Waals surface area contributed by atoms with Crippen LogP contribution in [0.25, 0.3) is 0 Å². The van der Waals surface area contributed by atoms with Gasteiger partial charge in [0.15, 0.2) is 0 Å². The molecule has 1 aromatic rings. The van der Waals surface area contributed by atoms with Gasteiger partial charge in [0.2, 0.25) is 0 Å². The van der Waals surface area contributed by atoms with Crippen LogP contribution in [0.5, 0.6) is 0 Å². The van der Waals surface area contributed by atoms with E-state index in [0.29, 0.717) is 0 Å². The summed E-state index contributed by atoms with van der Waals surface area (Å²) in [7, 11) is 0. The van der Waals surface area contributed by atoms with Crippen LogP contribution >= 0.6 is 11.8 Å². The molecule has 3 heteroatoms. The highest BCUT2D eigenvalue weighted by Gasteiger charge is 1.96. The molecule has 0 amide bonds. The van der Waals surface area contributed by atoms with Crippen LogP contribution in [0, 0.1) is 0 Å². The Labute approximate surface area is 87.6 Å². The molecule has 0 saturated carbocycles. The van der Waals surface area contributed by atoms with Gasteiger partial charge in [-0.2, -0.15) is 0 Å². The van der Waals surface area contributed by atoms with Crippen molar-refractivity contribution in [3.63, 3.8) is 0 Å². The Morgan fingerprint density at radius 1 is 1.43 bits per heavy atom. The van der Waals surface area contributed by atoms with Crippen molar-refractivity contribution >= 4 is 17.7 Å². The zero-order valence-electron chi connectivity index (χ0n) is 7.93. The molecule has 0 aliphatic rings. The lowest BCUT2D eigenvalue weighted by Crippen LogP contribution is -1.91. The van der Waals surface area contributed by atoms with Crippen LogP contribution in [-0.4, -0.2) is 16.8 Å².